The van der Waals surface area contributed by atoms with E-state index in [1.807, 2.05) is 12.1 Å². The zero-order chi connectivity index (χ0) is 14.3. The lowest BCUT2D eigenvalue weighted by molar-refractivity contribution is 0.593. The van der Waals surface area contributed by atoms with E-state index in [2.05, 4.69) is 0 Å². The molecule has 2 aromatic carbocycles. The van der Waals surface area contributed by atoms with Gasteiger partial charge in [0.15, 0.2) is 9.84 Å². The topological polar surface area (TPSA) is 60.2 Å². The van der Waals surface area contributed by atoms with Crippen LogP contribution in [-0.4, -0.2) is 19.7 Å². The lowest BCUT2D eigenvalue weighted by Gasteiger charge is -2.03. The van der Waals surface area contributed by atoms with Gasteiger partial charge < -0.3 is 5.73 Å². The van der Waals surface area contributed by atoms with Crippen molar-refractivity contribution < 1.29 is 8.42 Å². The number of benzene rings is 2. The first kappa shape index (κ1) is 13.6. The van der Waals surface area contributed by atoms with E-state index in [4.69, 9.17) is 17.3 Å². The van der Waals surface area contributed by atoms with Crippen LogP contribution in [0.2, 0.25) is 5.02 Å². The number of hydrogen-bond donors (Lipinski definition) is 1. The molecule has 1 aliphatic rings. The van der Waals surface area contributed by atoms with E-state index in [1.165, 1.54) is 0 Å². The van der Waals surface area contributed by atoms with Crippen LogP contribution in [0.15, 0.2) is 59.5 Å². The van der Waals surface area contributed by atoms with Crippen LogP contribution < -0.4 is 5.73 Å². The van der Waals surface area contributed by atoms with Crippen molar-refractivity contribution in [2.45, 2.75) is 22.1 Å². The minimum atomic E-state index is -3.38. The first-order chi connectivity index (χ1) is 9.51. The molecule has 0 aromatic heterocycles. The van der Waals surface area contributed by atoms with E-state index < -0.39 is 15.1 Å². The summed E-state index contributed by atoms with van der Waals surface area (Å²) < 4.78 is 25.1. The third kappa shape index (κ3) is 2.24. The van der Waals surface area contributed by atoms with Crippen LogP contribution >= 0.6 is 11.6 Å². The first-order valence-electron chi connectivity index (χ1n) is 6.32. The largest absolute Gasteiger partial charge is 0.326 e. The van der Waals surface area contributed by atoms with Crippen LogP contribution in [0, 0.1) is 0 Å². The van der Waals surface area contributed by atoms with Crippen molar-refractivity contribution in [2.75, 3.05) is 0 Å². The molecule has 3 nitrogen and oxygen atoms in total. The van der Waals surface area contributed by atoms with Crippen molar-refractivity contribution in [3.05, 3.63) is 65.2 Å². The third-order valence-electron chi connectivity index (χ3n) is 3.69. The van der Waals surface area contributed by atoms with Gasteiger partial charge in [-0.3, -0.25) is 0 Å². The SMILES string of the molecule is N[C@@H]1[C@H](c2ccc(Cl)cc2)[C@H]1S(=O)(=O)c1ccccc1. The second-order valence-corrected chi connectivity index (χ2v) is 7.52. The van der Waals surface area contributed by atoms with Gasteiger partial charge in [-0.15, -0.1) is 0 Å². The van der Waals surface area contributed by atoms with E-state index in [1.54, 1.807) is 42.5 Å². The van der Waals surface area contributed by atoms with Crippen molar-refractivity contribution in [1.29, 1.82) is 0 Å². The Hall–Kier alpha value is -1.36. The molecule has 0 unspecified atom stereocenters. The number of nitrogens with two attached hydrogens (primary N) is 1. The van der Waals surface area contributed by atoms with Gasteiger partial charge in [0.05, 0.1) is 10.1 Å². The maximum atomic E-state index is 12.5. The Morgan fingerprint density at radius 3 is 2.15 bits per heavy atom. The van der Waals surface area contributed by atoms with Gasteiger partial charge in [-0.25, -0.2) is 8.42 Å². The third-order valence-corrected chi connectivity index (χ3v) is 6.20. The van der Waals surface area contributed by atoms with Crippen molar-refractivity contribution in [3.8, 4) is 0 Å². The smallest absolute Gasteiger partial charge is 0.183 e. The van der Waals surface area contributed by atoms with Gasteiger partial charge in [0.2, 0.25) is 0 Å². The van der Waals surface area contributed by atoms with Crippen LogP contribution in [0.4, 0.5) is 0 Å². The molecule has 5 heteroatoms. The fourth-order valence-corrected chi connectivity index (χ4v) is 4.76. The summed E-state index contributed by atoms with van der Waals surface area (Å²) in [7, 11) is -3.38. The molecule has 1 fully saturated rings. The van der Waals surface area contributed by atoms with Crippen LogP contribution in [0.3, 0.4) is 0 Å². The van der Waals surface area contributed by atoms with Crippen molar-refractivity contribution in [1.82, 2.24) is 0 Å². The number of halogens is 1. The van der Waals surface area contributed by atoms with Gasteiger partial charge in [0.1, 0.15) is 0 Å². The summed E-state index contributed by atoms with van der Waals surface area (Å²) in [5, 5.41) is 0.0801. The Kier molecular flexibility index (Phi) is 3.32. The van der Waals surface area contributed by atoms with Crippen molar-refractivity contribution in [3.63, 3.8) is 0 Å². The van der Waals surface area contributed by atoms with Crippen LogP contribution in [0.5, 0.6) is 0 Å². The highest BCUT2D eigenvalue weighted by atomic mass is 35.5. The molecule has 1 saturated carbocycles. The lowest BCUT2D eigenvalue weighted by atomic mass is 10.1. The van der Waals surface area contributed by atoms with E-state index in [-0.39, 0.29) is 12.0 Å². The number of sulfone groups is 1. The number of rotatable bonds is 3. The van der Waals surface area contributed by atoms with Gasteiger partial charge in [-0.2, -0.15) is 0 Å². The van der Waals surface area contributed by atoms with E-state index >= 15 is 0 Å². The summed E-state index contributed by atoms with van der Waals surface area (Å²) in [6.45, 7) is 0. The van der Waals surface area contributed by atoms with Gasteiger partial charge in [0, 0.05) is 17.0 Å². The molecule has 3 atom stereocenters. The van der Waals surface area contributed by atoms with Gasteiger partial charge in [-0.1, -0.05) is 41.9 Å². The molecule has 3 rings (SSSR count). The summed E-state index contributed by atoms with van der Waals surface area (Å²) in [5.41, 5.74) is 6.91. The summed E-state index contributed by atoms with van der Waals surface area (Å²) in [5.74, 6) is -0.155. The average molecular weight is 308 g/mol. The fourth-order valence-electron chi connectivity index (χ4n) is 2.57. The van der Waals surface area contributed by atoms with Crippen LogP contribution in [-0.2, 0) is 9.84 Å². The molecule has 0 aliphatic heterocycles. The molecule has 104 valence electrons. The molecule has 0 heterocycles. The molecule has 0 spiro atoms. The molecule has 0 amide bonds. The van der Waals surface area contributed by atoms with E-state index in [9.17, 15) is 8.42 Å². The van der Waals surface area contributed by atoms with Crippen molar-refractivity contribution >= 4 is 21.4 Å². The predicted molar refractivity (Wildman–Crippen MR) is 79.6 cm³/mol. The van der Waals surface area contributed by atoms with Gasteiger partial charge in [-0.05, 0) is 29.8 Å². The molecule has 2 aromatic rings. The maximum Gasteiger partial charge on any atom is 0.183 e. The molecule has 2 N–H and O–H groups in total. The second kappa shape index (κ2) is 4.88. The predicted octanol–water partition coefficient (Wildman–Crippen LogP) is 2.61. The molecule has 0 radical (unpaired) electrons. The molecule has 20 heavy (non-hydrogen) atoms. The molecule has 1 aliphatic carbocycles. The highest BCUT2D eigenvalue weighted by Gasteiger charge is 2.56. The Balaban J connectivity index is 1.91. The molecule has 0 saturated heterocycles. The van der Waals surface area contributed by atoms with Gasteiger partial charge >= 0.3 is 0 Å². The molecule has 0 bridgehead atoms. The maximum absolute atomic E-state index is 12.5. The number of hydrogen-bond acceptors (Lipinski definition) is 3. The Labute approximate surface area is 123 Å². The Morgan fingerprint density at radius 2 is 1.55 bits per heavy atom. The van der Waals surface area contributed by atoms with E-state index in [0.29, 0.717) is 9.92 Å². The van der Waals surface area contributed by atoms with Crippen LogP contribution in [0.1, 0.15) is 11.5 Å². The molecular formula is C15H14ClNO2S. The summed E-state index contributed by atoms with van der Waals surface area (Å²) in [4.78, 5) is 0.330. The zero-order valence-corrected chi connectivity index (χ0v) is 12.2. The summed E-state index contributed by atoms with van der Waals surface area (Å²) >= 11 is 5.85. The minimum absolute atomic E-state index is 0.155. The summed E-state index contributed by atoms with van der Waals surface area (Å²) in [6, 6.07) is 15.3. The summed E-state index contributed by atoms with van der Waals surface area (Å²) in [6.07, 6.45) is 0. The molecular weight excluding hydrogens is 294 g/mol. The lowest BCUT2D eigenvalue weighted by Crippen LogP contribution is -2.15. The second-order valence-electron chi connectivity index (χ2n) is 4.98. The van der Waals surface area contributed by atoms with E-state index in [0.717, 1.165) is 5.56 Å². The minimum Gasteiger partial charge on any atom is -0.326 e. The average Bonchev–Trinajstić information content (AvgIpc) is 3.13. The standard InChI is InChI=1S/C15H14ClNO2S/c16-11-8-6-10(7-9-11)13-14(17)15(13)20(18,19)12-4-2-1-3-5-12/h1-9,13-15H,17H2/t13-,14+,15+/m0/s1. The van der Waals surface area contributed by atoms with Gasteiger partial charge in [0.25, 0.3) is 0 Å². The zero-order valence-electron chi connectivity index (χ0n) is 10.6. The highest BCUT2D eigenvalue weighted by Crippen LogP contribution is 2.47. The quantitative estimate of drug-likeness (QED) is 0.948. The highest BCUT2D eigenvalue weighted by molar-refractivity contribution is 7.92. The van der Waals surface area contributed by atoms with Crippen LogP contribution in [0.25, 0.3) is 0 Å². The first-order valence-corrected chi connectivity index (χ1v) is 8.24. The monoisotopic (exact) mass is 307 g/mol. The van der Waals surface area contributed by atoms with Crippen molar-refractivity contribution in [2.24, 2.45) is 5.73 Å². The fraction of sp³-hybridized carbons (Fsp3) is 0.200. The normalized spacial score (nSPS) is 25.4. The Morgan fingerprint density at radius 1 is 0.950 bits per heavy atom. The Bertz CT molecular complexity index is 713.